The maximum absolute atomic E-state index is 5.37. The molecule has 0 radical (unpaired) electrons. The molecule has 0 aliphatic carbocycles. The molecule has 0 unspecified atom stereocenters. The van der Waals surface area contributed by atoms with Gasteiger partial charge < -0.3 is 10.1 Å². The predicted octanol–water partition coefficient (Wildman–Crippen LogP) is 1.97. The van der Waals surface area contributed by atoms with Crippen LogP contribution in [0, 0.1) is 6.92 Å². The van der Waals surface area contributed by atoms with E-state index >= 15 is 0 Å². The summed E-state index contributed by atoms with van der Waals surface area (Å²) < 4.78 is 5.37. The molecule has 0 atom stereocenters. The minimum Gasteiger partial charge on any atom is -0.379 e. The molecule has 1 aromatic carbocycles. The van der Waals surface area contributed by atoms with Crippen molar-refractivity contribution in [3.8, 4) is 0 Å². The first-order valence-electron chi connectivity index (χ1n) is 7.69. The Morgan fingerprint density at radius 3 is 2.90 bits per heavy atom. The third-order valence-corrected chi connectivity index (χ3v) is 3.95. The number of benzene rings is 1. The number of aromatic nitrogens is 1. The van der Waals surface area contributed by atoms with Crippen LogP contribution in [-0.4, -0.2) is 49.3 Å². The fraction of sp³-hybridized carbons (Fsp3) is 0.471. The van der Waals surface area contributed by atoms with E-state index in [1.54, 1.807) is 0 Å². The molecular weight excluding hydrogens is 262 g/mol. The van der Waals surface area contributed by atoms with Crippen LogP contribution in [0.15, 0.2) is 30.3 Å². The first kappa shape index (κ1) is 14.4. The zero-order valence-corrected chi connectivity index (χ0v) is 12.6. The van der Waals surface area contributed by atoms with Gasteiger partial charge in [-0.1, -0.05) is 18.2 Å². The summed E-state index contributed by atoms with van der Waals surface area (Å²) in [4.78, 5) is 7.04. The predicted molar refractivity (Wildman–Crippen MR) is 85.4 cm³/mol. The number of nitrogens with one attached hydrogen (secondary N) is 1. The SMILES string of the molecule is Cc1cc(CNCCN2CCOCC2)c2ccccc2n1. The van der Waals surface area contributed by atoms with E-state index in [4.69, 9.17) is 4.74 Å². The Hall–Kier alpha value is -1.49. The van der Waals surface area contributed by atoms with Crippen molar-refractivity contribution in [1.29, 1.82) is 0 Å². The number of fused-ring (bicyclic) bond motifs is 1. The van der Waals surface area contributed by atoms with Crippen LogP contribution in [0.1, 0.15) is 11.3 Å². The molecule has 4 heteroatoms. The van der Waals surface area contributed by atoms with Crippen LogP contribution in [0.2, 0.25) is 0 Å². The largest absolute Gasteiger partial charge is 0.379 e. The third kappa shape index (κ3) is 3.79. The van der Waals surface area contributed by atoms with Crippen molar-refractivity contribution in [2.45, 2.75) is 13.5 Å². The molecule has 112 valence electrons. The van der Waals surface area contributed by atoms with Gasteiger partial charge in [-0.15, -0.1) is 0 Å². The summed E-state index contributed by atoms with van der Waals surface area (Å²) in [6.45, 7) is 8.90. The third-order valence-electron chi connectivity index (χ3n) is 3.95. The topological polar surface area (TPSA) is 37.4 Å². The van der Waals surface area contributed by atoms with Gasteiger partial charge in [0.1, 0.15) is 0 Å². The fourth-order valence-electron chi connectivity index (χ4n) is 2.83. The van der Waals surface area contributed by atoms with Gasteiger partial charge in [-0.05, 0) is 24.6 Å². The van der Waals surface area contributed by atoms with Crippen LogP contribution in [0.25, 0.3) is 10.9 Å². The number of morpholine rings is 1. The van der Waals surface area contributed by atoms with Gasteiger partial charge in [0.25, 0.3) is 0 Å². The van der Waals surface area contributed by atoms with Crippen molar-refractivity contribution in [3.05, 3.63) is 41.6 Å². The number of rotatable bonds is 5. The van der Waals surface area contributed by atoms with Gasteiger partial charge in [0, 0.05) is 43.8 Å². The van der Waals surface area contributed by atoms with Crippen LogP contribution in [0.5, 0.6) is 0 Å². The summed E-state index contributed by atoms with van der Waals surface area (Å²) in [5.74, 6) is 0. The number of nitrogens with zero attached hydrogens (tertiary/aromatic N) is 2. The highest BCUT2D eigenvalue weighted by atomic mass is 16.5. The number of hydrogen-bond donors (Lipinski definition) is 1. The number of aryl methyl sites for hydroxylation is 1. The van der Waals surface area contributed by atoms with Crippen molar-refractivity contribution in [2.24, 2.45) is 0 Å². The van der Waals surface area contributed by atoms with Gasteiger partial charge in [-0.2, -0.15) is 0 Å². The first-order chi connectivity index (χ1) is 10.3. The van der Waals surface area contributed by atoms with Crippen molar-refractivity contribution < 1.29 is 4.74 Å². The molecule has 1 aliphatic heterocycles. The second-order valence-electron chi connectivity index (χ2n) is 5.57. The van der Waals surface area contributed by atoms with Crippen molar-refractivity contribution >= 4 is 10.9 Å². The molecule has 2 heterocycles. The van der Waals surface area contributed by atoms with E-state index in [1.807, 2.05) is 6.07 Å². The lowest BCUT2D eigenvalue weighted by atomic mass is 10.1. The highest BCUT2D eigenvalue weighted by Crippen LogP contribution is 2.17. The smallest absolute Gasteiger partial charge is 0.0708 e. The Morgan fingerprint density at radius 1 is 1.24 bits per heavy atom. The summed E-state index contributed by atoms with van der Waals surface area (Å²) in [6.07, 6.45) is 0. The lowest BCUT2D eigenvalue weighted by Gasteiger charge is -2.26. The van der Waals surface area contributed by atoms with E-state index in [1.165, 1.54) is 10.9 Å². The molecule has 1 saturated heterocycles. The summed E-state index contributed by atoms with van der Waals surface area (Å²) >= 11 is 0. The quantitative estimate of drug-likeness (QED) is 0.852. The van der Waals surface area contributed by atoms with E-state index < -0.39 is 0 Å². The lowest BCUT2D eigenvalue weighted by Crippen LogP contribution is -2.40. The summed E-state index contributed by atoms with van der Waals surface area (Å²) in [5.41, 5.74) is 3.50. The zero-order chi connectivity index (χ0) is 14.5. The molecule has 0 bridgehead atoms. The summed E-state index contributed by atoms with van der Waals surface area (Å²) in [5, 5.41) is 4.81. The normalized spacial score (nSPS) is 16.4. The van der Waals surface area contributed by atoms with Gasteiger partial charge in [0.15, 0.2) is 0 Å². The Balaban J connectivity index is 1.57. The van der Waals surface area contributed by atoms with Crippen LogP contribution in [-0.2, 0) is 11.3 Å². The van der Waals surface area contributed by atoms with Gasteiger partial charge in [-0.25, -0.2) is 0 Å². The molecule has 0 saturated carbocycles. The molecular formula is C17H23N3O. The molecule has 1 fully saturated rings. The molecule has 1 N–H and O–H groups in total. The molecule has 4 nitrogen and oxygen atoms in total. The maximum Gasteiger partial charge on any atom is 0.0708 e. The average Bonchev–Trinajstić information content (AvgIpc) is 2.52. The van der Waals surface area contributed by atoms with Crippen LogP contribution < -0.4 is 5.32 Å². The Morgan fingerprint density at radius 2 is 2.05 bits per heavy atom. The summed E-state index contributed by atoms with van der Waals surface area (Å²) in [7, 11) is 0. The lowest BCUT2D eigenvalue weighted by molar-refractivity contribution is 0.0384. The Kier molecular flexibility index (Phi) is 4.80. The number of para-hydroxylation sites is 1. The Bertz CT molecular complexity index is 594. The van der Waals surface area contributed by atoms with Gasteiger partial charge in [-0.3, -0.25) is 9.88 Å². The van der Waals surface area contributed by atoms with E-state index in [0.717, 1.165) is 57.1 Å². The van der Waals surface area contributed by atoms with Crippen LogP contribution >= 0.6 is 0 Å². The number of pyridine rings is 1. The second kappa shape index (κ2) is 6.98. The fourth-order valence-corrected chi connectivity index (χ4v) is 2.83. The molecule has 0 amide bonds. The van der Waals surface area contributed by atoms with Gasteiger partial charge in [0.2, 0.25) is 0 Å². The maximum atomic E-state index is 5.37. The number of ether oxygens (including phenoxy) is 1. The molecule has 0 spiro atoms. The van der Waals surface area contributed by atoms with Crippen molar-refractivity contribution in [3.63, 3.8) is 0 Å². The second-order valence-corrected chi connectivity index (χ2v) is 5.57. The van der Waals surface area contributed by atoms with E-state index in [-0.39, 0.29) is 0 Å². The van der Waals surface area contributed by atoms with E-state index in [0.29, 0.717) is 0 Å². The van der Waals surface area contributed by atoms with Gasteiger partial charge in [0.05, 0.1) is 18.7 Å². The van der Waals surface area contributed by atoms with Crippen molar-refractivity contribution in [2.75, 3.05) is 39.4 Å². The minimum absolute atomic E-state index is 0.869. The first-order valence-corrected chi connectivity index (χ1v) is 7.69. The molecule has 1 aromatic heterocycles. The van der Waals surface area contributed by atoms with Crippen LogP contribution in [0.4, 0.5) is 0 Å². The van der Waals surface area contributed by atoms with E-state index in [2.05, 4.69) is 46.4 Å². The zero-order valence-electron chi connectivity index (χ0n) is 12.6. The van der Waals surface area contributed by atoms with Crippen LogP contribution in [0.3, 0.4) is 0 Å². The average molecular weight is 285 g/mol. The number of hydrogen-bond acceptors (Lipinski definition) is 4. The highest BCUT2D eigenvalue weighted by molar-refractivity contribution is 5.82. The minimum atomic E-state index is 0.869. The summed E-state index contributed by atoms with van der Waals surface area (Å²) in [6, 6.07) is 10.5. The standard InChI is InChI=1S/C17H23N3O/c1-14-12-15(16-4-2-3-5-17(16)19-14)13-18-6-7-20-8-10-21-11-9-20/h2-5,12,18H,6-11,13H2,1H3. The highest BCUT2D eigenvalue weighted by Gasteiger charge is 2.09. The molecule has 1 aliphatic rings. The molecule has 21 heavy (non-hydrogen) atoms. The van der Waals surface area contributed by atoms with Gasteiger partial charge >= 0.3 is 0 Å². The van der Waals surface area contributed by atoms with Crippen molar-refractivity contribution in [1.82, 2.24) is 15.2 Å². The monoisotopic (exact) mass is 285 g/mol. The van der Waals surface area contributed by atoms with E-state index in [9.17, 15) is 0 Å². The molecule has 2 aromatic rings. The molecule has 3 rings (SSSR count). The Labute approximate surface area is 126 Å².